The van der Waals surface area contributed by atoms with E-state index in [-0.39, 0.29) is 30.1 Å². The van der Waals surface area contributed by atoms with E-state index < -0.39 is 12.0 Å². The zero-order valence-electron chi connectivity index (χ0n) is 10.6. The Morgan fingerprint density at radius 3 is 2.33 bits per heavy atom. The summed E-state index contributed by atoms with van der Waals surface area (Å²) in [5.74, 6) is -1.58. The summed E-state index contributed by atoms with van der Waals surface area (Å²) < 4.78 is 0. The summed E-state index contributed by atoms with van der Waals surface area (Å²) >= 11 is 0. The zero-order chi connectivity index (χ0) is 13.3. The van der Waals surface area contributed by atoms with E-state index >= 15 is 0 Å². The zero-order valence-corrected chi connectivity index (χ0v) is 10.6. The van der Waals surface area contributed by atoms with E-state index in [1.807, 2.05) is 6.92 Å². The molecule has 5 nitrogen and oxygen atoms in total. The van der Waals surface area contributed by atoms with Crippen LogP contribution in [0.25, 0.3) is 0 Å². The number of carboxylic acid groups (broad SMARTS) is 1. The maximum Gasteiger partial charge on any atom is 0.305 e. The molecule has 0 spiro atoms. The van der Waals surface area contributed by atoms with Gasteiger partial charge in [-0.1, -0.05) is 19.8 Å². The molecule has 3 atom stereocenters. The van der Waals surface area contributed by atoms with Crippen molar-refractivity contribution < 1.29 is 19.5 Å². The van der Waals surface area contributed by atoms with Crippen molar-refractivity contribution in [3.05, 3.63) is 0 Å². The van der Waals surface area contributed by atoms with Gasteiger partial charge in [-0.25, -0.2) is 0 Å². The lowest BCUT2D eigenvalue weighted by Gasteiger charge is -2.25. The highest BCUT2D eigenvalue weighted by atomic mass is 16.4. The van der Waals surface area contributed by atoms with E-state index in [0.29, 0.717) is 6.42 Å². The van der Waals surface area contributed by atoms with Crippen LogP contribution in [-0.4, -0.2) is 33.8 Å². The van der Waals surface area contributed by atoms with Gasteiger partial charge in [0.2, 0.25) is 11.8 Å². The summed E-state index contributed by atoms with van der Waals surface area (Å²) in [7, 11) is 0. The number of carbonyl (C=O) groups excluding carboxylic acids is 2. The molecule has 100 valence electrons. The second-order valence-electron chi connectivity index (χ2n) is 5.23. The molecule has 0 aromatic rings. The number of carbonyl (C=O) groups is 3. The number of hydrogen-bond acceptors (Lipinski definition) is 3. The predicted octanol–water partition coefficient (Wildman–Crippen LogP) is 1.41. The van der Waals surface area contributed by atoms with Crippen molar-refractivity contribution in [2.24, 2.45) is 11.8 Å². The summed E-state index contributed by atoms with van der Waals surface area (Å²) in [6.07, 6.45) is 3.69. The SMILES string of the molecule is CCCC(CC(=O)O)N1C(=O)C2CCCC2C1=O. The summed E-state index contributed by atoms with van der Waals surface area (Å²) in [6, 6.07) is -0.460. The number of nitrogens with zero attached hydrogens (tertiary/aromatic N) is 1. The number of carboxylic acids is 1. The molecule has 0 radical (unpaired) electrons. The molecule has 1 heterocycles. The fourth-order valence-electron chi connectivity index (χ4n) is 3.23. The van der Waals surface area contributed by atoms with Crippen LogP contribution >= 0.6 is 0 Å². The lowest BCUT2D eigenvalue weighted by molar-refractivity contribution is -0.146. The molecule has 5 heteroatoms. The largest absolute Gasteiger partial charge is 0.481 e. The van der Waals surface area contributed by atoms with Crippen LogP contribution in [-0.2, 0) is 14.4 Å². The van der Waals surface area contributed by atoms with Crippen molar-refractivity contribution in [3.63, 3.8) is 0 Å². The van der Waals surface area contributed by atoms with Crippen LogP contribution in [0.2, 0.25) is 0 Å². The Balaban J connectivity index is 2.17. The smallest absolute Gasteiger partial charge is 0.305 e. The molecule has 2 amide bonds. The molecule has 0 bridgehead atoms. The minimum Gasteiger partial charge on any atom is -0.481 e. The van der Waals surface area contributed by atoms with Gasteiger partial charge in [0.15, 0.2) is 0 Å². The van der Waals surface area contributed by atoms with Crippen molar-refractivity contribution >= 4 is 17.8 Å². The fraction of sp³-hybridized carbons (Fsp3) is 0.769. The van der Waals surface area contributed by atoms with Crippen molar-refractivity contribution in [2.75, 3.05) is 0 Å². The first kappa shape index (κ1) is 13.1. The fourth-order valence-corrected chi connectivity index (χ4v) is 3.23. The summed E-state index contributed by atoms with van der Waals surface area (Å²) in [4.78, 5) is 36.5. The highest BCUT2D eigenvalue weighted by Crippen LogP contribution is 2.41. The molecule has 1 aliphatic carbocycles. The second kappa shape index (κ2) is 5.08. The topological polar surface area (TPSA) is 74.7 Å². The number of likely N-dealkylation sites (tertiary alicyclic amines) is 1. The molecule has 2 rings (SSSR count). The van der Waals surface area contributed by atoms with E-state index in [1.54, 1.807) is 0 Å². The van der Waals surface area contributed by atoms with Crippen LogP contribution in [0.3, 0.4) is 0 Å². The van der Waals surface area contributed by atoms with Crippen LogP contribution in [0.4, 0.5) is 0 Å². The molecule has 1 saturated heterocycles. The van der Waals surface area contributed by atoms with Gasteiger partial charge in [-0.05, 0) is 19.3 Å². The molecule has 1 saturated carbocycles. The minimum absolute atomic E-state index is 0.134. The lowest BCUT2D eigenvalue weighted by atomic mass is 10.00. The third kappa shape index (κ3) is 2.13. The number of aliphatic carboxylic acids is 1. The molecule has 2 fully saturated rings. The van der Waals surface area contributed by atoms with Crippen LogP contribution in [0, 0.1) is 11.8 Å². The Hall–Kier alpha value is -1.39. The maximum absolute atomic E-state index is 12.2. The second-order valence-corrected chi connectivity index (χ2v) is 5.23. The van der Waals surface area contributed by atoms with Crippen molar-refractivity contribution in [3.8, 4) is 0 Å². The maximum atomic E-state index is 12.2. The minimum atomic E-state index is -0.953. The van der Waals surface area contributed by atoms with Gasteiger partial charge in [-0.15, -0.1) is 0 Å². The molecule has 3 unspecified atom stereocenters. The molecule has 0 aromatic carbocycles. The molecule has 18 heavy (non-hydrogen) atoms. The number of rotatable bonds is 5. The number of hydrogen-bond donors (Lipinski definition) is 1. The highest BCUT2D eigenvalue weighted by molar-refractivity contribution is 6.06. The Labute approximate surface area is 106 Å². The molecular weight excluding hydrogens is 234 g/mol. The van der Waals surface area contributed by atoms with Gasteiger partial charge in [0.1, 0.15) is 0 Å². The first-order valence-corrected chi connectivity index (χ1v) is 6.65. The molecule has 1 N–H and O–H groups in total. The Bertz CT molecular complexity index is 357. The third-order valence-corrected chi connectivity index (χ3v) is 4.02. The predicted molar refractivity (Wildman–Crippen MR) is 63.6 cm³/mol. The van der Waals surface area contributed by atoms with Gasteiger partial charge in [0.25, 0.3) is 0 Å². The Morgan fingerprint density at radius 2 is 1.89 bits per heavy atom. The Morgan fingerprint density at radius 1 is 1.33 bits per heavy atom. The highest BCUT2D eigenvalue weighted by Gasteiger charge is 2.51. The summed E-state index contributed by atoms with van der Waals surface area (Å²) in [5, 5.41) is 8.90. The van der Waals surface area contributed by atoms with E-state index in [0.717, 1.165) is 25.7 Å². The first-order chi connectivity index (χ1) is 8.56. The molecular formula is C13H19NO4. The van der Waals surface area contributed by atoms with Crippen LogP contribution < -0.4 is 0 Å². The van der Waals surface area contributed by atoms with Gasteiger partial charge in [-0.3, -0.25) is 19.3 Å². The van der Waals surface area contributed by atoms with Gasteiger partial charge >= 0.3 is 5.97 Å². The normalized spacial score (nSPS) is 28.6. The van der Waals surface area contributed by atoms with Gasteiger partial charge in [0, 0.05) is 0 Å². The third-order valence-electron chi connectivity index (χ3n) is 4.02. The molecule has 2 aliphatic rings. The van der Waals surface area contributed by atoms with Crippen molar-refractivity contribution in [1.82, 2.24) is 4.90 Å². The quantitative estimate of drug-likeness (QED) is 0.752. The van der Waals surface area contributed by atoms with Crippen LogP contribution in [0.5, 0.6) is 0 Å². The van der Waals surface area contributed by atoms with Gasteiger partial charge in [0.05, 0.1) is 24.3 Å². The van der Waals surface area contributed by atoms with Crippen LogP contribution in [0.1, 0.15) is 45.4 Å². The first-order valence-electron chi connectivity index (χ1n) is 6.65. The molecule has 0 aromatic heterocycles. The monoisotopic (exact) mass is 253 g/mol. The summed E-state index contributed by atoms with van der Waals surface area (Å²) in [6.45, 7) is 1.93. The van der Waals surface area contributed by atoms with Crippen molar-refractivity contribution in [1.29, 1.82) is 0 Å². The van der Waals surface area contributed by atoms with E-state index in [2.05, 4.69) is 0 Å². The van der Waals surface area contributed by atoms with E-state index in [9.17, 15) is 14.4 Å². The number of amides is 2. The van der Waals surface area contributed by atoms with Gasteiger partial charge in [-0.2, -0.15) is 0 Å². The number of fused-ring (bicyclic) bond motifs is 1. The Kier molecular flexibility index (Phi) is 3.68. The molecule has 1 aliphatic heterocycles. The standard InChI is InChI=1S/C13H19NO4/c1-2-4-8(7-11(15)16)14-12(17)9-5-3-6-10(9)13(14)18/h8-10H,2-7H2,1H3,(H,15,16). The average molecular weight is 253 g/mol. The van der Waals surface area contributed by atoms with Crippen molar-refractivity contribution in [2.45, 2.75) is 51.5 Å². The van der Waals surface area contributed by atoms with E-state index in [1.165, 1.54) is 4.90 Å². The number of imide groups is 1. The van der Waals surface area contributed by atoms with Crippen LogP contribution in [0.15, 0.2) is 0 Å². The van der Waals surface area contributed by atoms with E-state index in [4.69, 9.17) is 5.11 Å². The average Bonchev–Trinajstić information content (AvgIpc) is 2.83. The van der Waals surface area contributed by atoms with Gasteiger partial charge < -0.3 is 5.11 Å². The summed E-state index contributed by atoms with van der Waals surface area (Å²) in [5.41, 5.74) is 0. The lowest BCUT2D eigenvalue weighted by Crippen LogP contribution is -2.42.